The Morgan fingerprint density at radius 2 is 1.79 bits per heavy atom. The van der Waals surface area contributed by atoms with Crippen molar-refractivity contribution in [3.63, 3.8) is 0 Å². The Bertz CT molecular complexity index is 854. The summed E-state index contributed by atoms with van der Waals surface area (Å²) in [5, 5.41) is 11.5. The van der Waals surface area contributed by atoms with E-state index in [2.05, 4.69) is 50.2 Å². The average molecular weight is 394 g/mol. The van der Waals surface area contributed by atoms with E-state index in [4.69, 9.17) is 0 Å². The normalized spacial score (nSPS) is 39.0. The fourth-order valence-electron chi connectivity index (χ4n) is 7.30. The van der Waals surface area contributed by atoms with Crippen molar-refractivity contribution in [2.75, 3.05) is 19.0 Å². The van der Waals surface area contributed by atoms with Gasteiger partial charge in [-0.25, -0.2) is 0 Å². The molecule has 0 bridgehead atoms. The van der Waals surface area contributed by atoms with Gasteiger partial charge in [0.1, 0.15) is 5.78 Å². The summed E-state index contributed by atoms with van der Waals surface area (Å²) in [7, 11) is 4.14. The Labute approximate surface area is 175 Å². The maximum absolute atomic E-state index is 13.0. The van der Waals surface area contributed by atoms with E-state index in [1.165, 1.54) is 28.8 Å². The number of allylic oxidation sites excluding steroid dienone is 1. The predicted octanol–water partition coefficient (Wildman–Crippen LogP) is 5.24. The van der Waals surface area contributed by atoms with Crippen LogP contribution in [-0.2, 0) is 4.79 Å². The number of nitrogens with zero attached hydrogens (tertiary/aromatic N) is 1. The highest BCUT2D eigenvalue weighted by Crippen LogP contribution is 2.63. The van der Waals surface area contributed by atoms with Crippen LogP contribution in [0.15, 0.2) is 35.4 Å². The van der Waals surface area contributed by atoms with Crippen LogP contribution in [0.3, 0.4) is 0 Å². The number of anilines is 1. The number of carbonyl (C=O) groups is 1. The van der Waals surface area contributed by atoms with E-state index in [-0.39, 0.29) is 11.3 Å². The highest BCUT2D eigenvalue weighted by Gasteiger charge is 2.58. The molecule has 1 aromatic carbocycles. The highest BCUT2D eigenvalue weighted by atomic mass is 16.3. The molecule has 1 aromatic rings. The monoisotopic (exact) mass is 393 g/mol. The quantitative estimate of drug-likeness (QED) is 0.699. The first-order valence-corrected chi connectivity index (χ1v) is 11.6. The van der Waals surface area contributed by atoms with Crippen molar-refractivity contribution in [3.05, 3.63) is 41.0 Å². The van der Waals surface area contributed by atoms with Gasteiger partial charge in [-0.1, -0.05) is 24.6 Å². The largest absolute Gasteiger partial charge is 0.386 e. The van der Waals surface area contributed by atoms with Crippen LogP contribution in [0.2, 0.25) is 0 Å². The van der Waals surface area contributed by atoms with E-state index in [0.717, 1.165) is 51.4 Å². The topological polar surface area (TPSA) is 40.5 Å². The first kappa shape index (κ1) is 19.4. The molecule has 0 aromatic heterocycles. The molecule has 1 N–H and O–H groups in total. The van der Waals surface area contributed by atoms with Gasteiger partial charge in [0.15, 0.2) is 0 Å². The fraction of sp³-hybridized carbons (Fsp3) is 0.654. The maximum atomic E-state index is 13.0. The van der Waals surface area contributed by atoms with Crippen LogP contribution in [-0.4, -0.2) is 30.6 Å². The van der Waals surface area contributed by atoms with E-state index in [0.29, 0.717) is 17.6 Å². The van der Waals surface area contributed by atoms with Gasteiger partial charge in [0, 0.05) is 37.5 Å². The van der Waals surface area contributed by atoms with Crippen molar-refractivity contribution in [1.82, 2.24) is 0 Å². The lowest BCUT2D eigenvalue weighted by Crippen LogP contribution is -2.48. The Morgan fingerprint density at radius 1 is 1.03 bits per heavy atom. The molecule has 0 heterocycles. The third-order valence-electron chi connectivity index (χ3n) is 8.88. The van der Waals surface area contributed by atoms with E-state index < -0.39 is 5.60 Å². The Balaban J connectivity index is 1.65. The number of Topliss-reactive ketones (excluding diaryl/α,β-unsaturated/α-hetero) is 1. The second-order valence-electron chi connectivity index (χ2n) is 10.5. The molecule has 29 heavy (non-hydrogen) atoms. The smallest absolute Gasteiger partial charge is 0.139 e. The molecular weight excluding hydrogens is 358 g/mol. The summed E-state index contributed by atoms with van der Waals surface area (Å²) in [5.41, 5.74) is 4.66. The second-order valence-corrected chi connectivity index (χ2v) is 10.5. The molecule has 0 spiro atoms. The summed E-state index contributed by atoms with van der Waals surface area (Å²) in [6.45, 7) is 2.25. The zero-order valence-electron chi connectivity index (χ0n) is 18.2. The van der Waals surface area contributed by atoms with Crippen molar-refractivity contribution in [1.29, 1.82) is 0 Å². The molecule has 3 saturated carbocycles. The van der Waals surface area contributed by atoms with Crippen molar-refractivity contribution in [2.24, 2.45) is 17.3 Å². The molecule has 5 atom stereocenters. The number of hydrogen-bond donors (Lipinski definition) is 1. The first-order chi connectivity index (χ1) is 13.8. The fourth-order valence-corrected chi connectivity index (χ4v) is 7.30. The van der Waals surface area contributed by atoms with Crippen LogP contribution >= 0.6 is 0 Å². The lowest BCUT2D eigenvalue weighted by molar-refractivity contribution is -0.128. The maximum Gasteiger partial charge on any atom is 0.139 e. The molecule has 156 valence electrons. The number of aliphatic hydroxyl groups is 1. The molecular formula is C26H35NO2. The van der Waals surface area contributed by atoms with Crippen LogP contribution in [0.1, 0.15) is 76.2 Å². The predicted molar refractivity (Wildman–Crippen MR) is 117 cm³/mol. The first-order valence-electron chi connectivity index (χ1n) is 11.6. The number of benzene rings is 1. The van der Waals surface area contributed by atoms with E-state index >= 15 is 0 Å². The highest BCUT2D eigenvalue weighted by molar-refractivity contribution is 5.87. The van der Waals surface area contributed by atoms with Gasteiger partial charge >= 0.3 is 0 Å². The van der Waals surface area contributed by atoms with Gasteiger partial charge in [-0.3, -0.25) is 4.79 Å². The van der Waals surface area contributed by atoms with Gasteiger partial charge in [-0.2, -0.15) is 0 Å². The van der Waals surface area contributed by atoms with Crippen molar-refractivity contribution in [3.8, 4) is 0 Å². The zero-order valence-corrected chi connectivity index (χ0v) is 18.2. The molecule has 0 unspecified atom stereocenters. The van der Waals surface area contributed by atoms with Crippen LogP contribution in [0.5, 0.6) is 0 Å². The van der Waals surface area contributed by atoms with E-state index in [1.807, 2.05) is 0 Å². The molecule has 3 nitrogen and oxygen atoms in total. The summed E-state index contributed by atoms with van der Waals surface area (Å²) in [5.74, 6) is 1.71. The molecule has 0 saturated heterocycles. The molecule has 4 aliphatic carbocycles. The number of fused-ring (bicyclic) bond motifs is 4. The van der Waals surface area contributed by atoms with Crippen LogP contribution in [0, 0.1) is 17.3 Å². The standard InChI is InChI=1S/C26H35NO2/c1-25-16-20(17-7-9-18(10-8-17)27(2)3)24-19(21(25)11-12-23(25)28)13-15-26(29)14-5-4-6-22(24)26/h7-10,19-21,29H,4-6,11-16H2,1-3H3/t19-,20+,21-,25-,26-/m0/s1. The van der Waals surface area contributed by atoms with Gasteiger partial charge < -0.3 is 10.0 Å². The van der Waals surface area contributed by atoms with E-state index in [9.17, 15) is 9.90 Å². The van der Waals surface area contributed by atoms with Crippen molar-refractivity contribution < 1.29 is 9.90 Å². The lowest BCUT2D eigenvalue weighted by atomic mass is 9.51. The number of ketones is 1. The summed E-state index contributed by atoms with van der Waals surface area (Å²) < 4.78 is 0. The zero-order chi connectivity index (χ0) is 20.4. The molecule has 5 rings (SSSR count). The van der Waals surface area contributed by atoms with Gasteiger partial charge in [0.25, 0.3) is 0 Å². The second kappa shape index (κ2) is 6.70. The number of carbonyl (C=O) groups excluding carboxylic acids is 1. The SMILES string of the molecule is CN(C)c1ccc([C@H]2C[C@]3(C)C(=O)CC[C@H]3[C@@H]3CC[C@@]4(O)CCCCC4=C32)cc1. The minimum atomic E-state index is -0.581. The third-order valence-corrected chi connectivity index (χ3v) is 8.88. The lowest BCUT2D eigenvalue weighted by Gasteiger charge is -2.53. The number of hydrogen-bond acceptors (Lipinski definition) is 3. The van der Waals surface area contributed by atoms with E-state index in [1.54, 1.807) is 0 Å². The molecule has 3 heteroatoms. The van der Waals surface area contributed by atoms with Crippen molar-refractivity contribution in [2.45, 2.75) is 76.2 Å². The van der Waals surface area contributed by atoms with Gasteiger partial charge in [-0.05, 0) is 86.5 Å². The van der Waals surface area contributed by atoms with Crippen molar-refractivity contribution >= 4 is 11.5 Å². The summed E-state index contributed by atoms with van der Waals surface area (Å²) in [4.78, 5) is 15.1. The van der Waals surface area contributed by atoms with Gasteiger partial charge in [-0.15, -0.1) is 0 Å². The van der Waals surface area contributed by atoms with Gasteiger partial charge in [0.2, 0.25) is 0 Å². The number of rotatable bonds is 2. The molecule has 4 aliphatic rings. The molecule has 0 amide bonds. The Morgan fingerprint density at radius 3 is 2.52 bits per heavy atom. The van der Waals surface area contributed by atoms with Gasteiger partial charge in [0.05, 0.1) is 5.60 Å². The van der Waals surface area contributed by atoms with Crippen LogP contribution < -0.4 is 4.90 Å². The Hall–Kier alpha value is -1.61. The summed E-state index contributed by atoms with van der Waals surface area (Å²) in [6, 6.07) is 8.95. The van der Waals surface area contributed by atoms with Crippen LogP contribution in [0.25, 0.3) is 0 Å². The molecule has 0 radical (unpaired) electrons. The van der Waals surface area contributed by atoms with Crippen LogP contribution in [0.4, 0.5) is 5.69 Å². The Kier molecular flexibility index (Phi) is 4.47. The summed E-state index contributed by atoms with van der Waals surface area (Å²) >= 11 is 0. The average Bonchev–Trinajstić information content (AvgIpc) is 3.01. The summed E-state index contributed by atoms with van der Waals surface area (Å²) in [6.07, 6.45) is 8.96. The minimum absolute atomic E-state index is 0.191. The minimum Gasteiger partial charge on any atom is -0.386 e. The molecule has 3 fully saturated rings. The molecule has 0 aliphatic heterocycles. The third kappa shape index (κ3) is 2.84.